The first-order valence-corrected chi connectivity index (χ1v) is 7.39. The molecule has 0 spiro atoms. The molecular weight excluding hydrogens is 298 g/mol. The first kappa shape index (κ1) is 15.2. The summed E-state index contributed by atoms with van der Waals surface area (Å²) < 4.78 is 26.5. The van der Waals surface area contributed by atoms with Crippen molar-refractivity contribution in [3.8, 4) is 0 Å². The molecule has 3 nitrogen and oxygen atoms in total. The largest absolute Gasteiger partial charge is 0.351 e. The van der Waals surface area contributed by atoms with Gasteiger partial charge in [0.05, 0.1) is 0 Å². The van der Waals surface area contributed by atoms with E-state index in [2.05, 4.69) is 4.98 Å². The highest BCUT2D eigenvalue weighted by molar-refractivity contribution is 5.98. The number of hydrogen-bond acceptors (Lipinski definition) is 1. The molecule has 1 N–H and O–H groups in total. The van der Waals surface area contributed by atoms with Crippen LogP contribution in [0.15, 0.2) is 48.5 Å². The maximum absolute atomic E-state index is 13.3. The van der Waals surface area contributed by atoms with Crippen molar-refractivity contribution in [3.63, 3.8) is 0 Å². The van der Waals surface area contributed by atoms with Crippen molar-refractivity contribution in [2.45, 2.75) is 13.5 Å². The first-order valence-electron chi connectivity index (χ1n) is 7.39. The molecule has 0 aliphatic carbocycles. The summed E-state index contributed by atoms with van der Waals surface area (Å²) in [4.78, 5) is 17.2. The van der Waals surface area contributed by atoms with Gasteiger partial charge in [-0.3, -0.25) is 4.79 Å². The summed E-state index contributed by atoms with van der Waals surface area (Å²) >= 11 is 0. The number of rotatable bonds is 4. The van der Waals surface area contributed by atoms with Crippen LogP contribution < -0.4 is 0 Å². The fourth-order valence-corrected chi connectivity index (χ4v) is 2.57. The van der Waals surface area contributed by atoms with Gasteiger partial charge in [0.1, 0.15) is 17.3 Å². The van der Waals surface area contributed by atoms with Gasteiger partial charge >= 0.3 is 0 Å². The summed E-state index contributed by atoms with van der Waals surface area (Å²) in [5.41, 5.74) is 1.82. The highest BCUT2D eigenvalue weighted by Crippen LogP contribution is 2.18. The molecule has 2 aromatic carbocycles. The molecule has 1 amide bonds. The molecular formula is C18H16F2N2O. The third kappa shape index (κ3) is 3.23. The van der Waals surface area contributed by atoms with Crippen LogP contribution in [0.2, 0.25) is 0 Å². The second-order valence-electron chi connectivity index (χ2n) is 5.36. The number of carbonyl (C=O) groups excluding carboxylic acids is 1. The molecule has 1 heterocycles. The third-order valence-corrected chi connectivity index (χ3v) is 3.74. The van der Waals surface area contributed by atoms with E-state index in [1.54, 1.807) is 29.2 Å². The molecule has 0 bridgehead atoms. The lowest BCUT2D eigenvalue weighted by Gasteiger charge is -2.20. The van der Waals surface area contributed by atoms with E-state index < -0.39 is 0 Å². The molecule has 0 atom stereocenters. The van der Waals surface area contributed by atoms with Gasteiger partial charge in [-0.25, -0.2) is 8.78 Å². The average molecular weight is 314 g/mol. The maximum Gasteiger partial charge on any atom is 0.270 e. The highest BCUT2D eigenvalue weighted by Gasteiger charge is 2.17. The van der Waals surface area contributed by atoms with Gasteiger partial charge in [0.25, 0.3) is 5.91 Å². The lowest BCUT2D eigenvalue weighted by atomic mass is 10.2. The Hall–Kier alpha value is -2.69. The van der Waals surface area contributed by atoms with Crippen LogP contribution in [0.4, 0.5) is 8.78 Å². The topological polar surface area (TPSA) is 36.1 Å². The van der Waals surface area contributed by atoms with E-state index in [1.807, 2.05) is 6.92 Å². The predicted octanol–water partition coefficient (Wildman–Crippen LogP) is 4.11. The number of hydrogen-bond donors (Lipinski definition) is 1. The number of nitrogens with one attached hydrogen (secondary N) is 1. The number of amides is 1. The average Bonchev–Trinajstić information content (AvgIpc) is 2.95. The summed E-state index contributed by atoms with van der Waals surface area (Å²) in [6.45, 7) is 2.66. The van der Waals surface area contributed by atoms with E-state index in [9.17, 15) is 13.6 Å². The Morgan fingerprint density at radius 3 is 2.61 bits per heavy atom. The Labute approximate surface area is 132 Å². The van der Waals surface area contributed by atoms with Crippen LogP contribution in [0.25, 0.3) is 10.9 Å². The second-order valence-corrected chi connectivity index (χ2v) is 5.36. The summed E-state index contributed by atoms with van der Waals surface area (Å²) in [6.07, 6.45) is 0. The van der Waals surface area contributed by atoms with Gasteiger partial charge in [0.2, 0.25) is 0 Å². The van der Waals surface area contributed by atoms with E-state index in [0.29, 0.717) is 29.7 Å². The summed E-state index contributed by atoms with van der Waals surface area (Å²) in [5, 5.41) is 0.648. The standard InChI is InChI=1S/C18H16F2N2O/c1-2-22(11-12-4-3-5-14(19)8-12)18(23)17-10-13-9-15(20)6-7-16(13)21-17/h3-10,21H,2,11H2,1H3. The smallest absolute Gasteiger partial charge is 0.270 e. The zero-order valence-corrected chi connectivity index (χ0v) is 12.6. The summed E-state index contributed by atoms with van der Waals surface area (Å²) in [5.74, 6) is -0.872. The summed E-state index contributed by atoms with van der Waals surface area (Å²) in [6, 6.07) is 12.1. The number of halogens is 2. The predicted molar refractivity (Wildman–Crippen MR) is 85.1 cm³/mol. The van der Waals surface area contributed by atoms with Crippen LogP contribution in [0.3, 0.4) is 0 Å². The van der Waals surface area contributed by atoms with Crippen LogP contribution in [0.5, 0.6) is 0 Å². The first-order chi connectivity index (χ1) is 11.1. The van der Waals surface area contributed by atoms with Crippen LogP contribution in [-0.2, 0) is 6.54 Å². The fraction of sp³-hybridized carbons (Fsp3) is 0.167. The van der Waals surface area contributed by atoms with Crippen LogP contribution in [-0.4, -0.2) is 22.3 Å². The van der Waals surface area contributed by atoms with Gasteiger partial charge in [0, 0.05) is 24.0 Å². The van der Waals surface area contributed by atoms with E-state index in [4.69, 9.17) is 0 Å². The molecule has 118 valence electrons. The molecule has 0 saturated heterocycles. The Morgan fingerprint density at radius 2 is 1.87 bits per heavy atom. The Balaban J connectivity index is 1.86. The Bertz CT molecular complexity index is 857. The molecule has 3 rings (SSSR count). The van der Waals surface area contributed by atoms with Crippen molar-refractivity contribution in [2.75, 3.05) is 6.54 Å². The van der Waals surface area contributed by atoms with Crippen LogP contribution >= 0.6 is 0 Å². The third-order valence-electron chi connectivity index (χ3n) is 3.74. The summed E-state index contributed by atoms with van der Waals surface area (Å²) in [7, 11) is 0. The minimum absolute atomic E-state index is 0.201. The van der Waals surface area contributed by atoms with Crippen LogP contribution in [0.1, 0.15) is 23.0 Å². The quantitative estimate of drug-likeness (QED) is 0.773. The zero-order chi connectivity index (χ0) is 16.4. The lowest BCUT2D eigenvalue weighted by molar-refractivity contribution is 0.0747. The molecule has 0 radical (unpaired) electrons. The van der Waals surface area contributed by atoms with Crippen LogP contribution in [0, 0.1) is 11.6 Å². The van der Waals surface area contributed by atoms with Gasteiger partial charge in [-0.15, -0.1) is 0 Å². The molecule has 0 fully saturated rings. The molecule has 0 aliphatic rings. The molecule has 0 saturated carbocycles. The molecule has 0 aliphatic heterocycles. The van der Waals surface area contributed by atoms with Crippen molar-refractivity contribution < 1.29 is 13.6 Å². The van der Waals surface area contributed by atoms with Gasteiger partial charge < -0.3 is 9.88 Å². The SMILES string of the molecule is CCN(Cc1cccc(F)c1)C(=O)c1cc2cc(F)ccc2[nH]1. The van der Waals surface area contributed by atoms with Crippen molar-refractivity contribution in [3.05, 3.63) is 71.4 Å². The molecule has 23 heavy (non-hydrogen) atoms. The van der Waals surface area contributed by atoms with Crippen molar-refractivity contribution in [1.82, 2.24) is 9.88 Å². The molecule has 5 heteroatoms. The molecule has 0 unspecified atom stereocenters. The van der Waals surface area contributed by atoms with E-state index in [1.165, 1.54) is 24.3 Å². The Kier molecular flexibility index (Phi) is 4.10. The number of H-pyrrole nitrogens is 1. The van der Waals surface area contributed by atoms with Crippen molar-refractivity contribution in [2.24, 2.45) is 0 Å². The van der Waals surface area contributed by atoms with E-state index in [-0.39, 0.29) is 17.5 Å². The number of aromatic nitrogens is 1. The number of fused-ring (bicyclic) bond motifs is 1. The normalized spacial score (nSPS) is 10.9. The maximum atomic E-state index is 13.3. The van der Waals surface area contributed by atoms with Gasteiger partial charge in [-0.05, 0) is 48.9 Å². The zero-order valence-electron chi connectivity index (χ0n) is 12.6. The molecule has 3 aromatic rings. The fourth-order valence-electron chi connectivity index (χ4n) is 2.57. The number of benzene rings is 2. The number of nitrogens with zero attached hydrogens (tertiary/aromatic N) is 1. The Morgan fingerprint density at radius 1 is 1.09 bits per heavy atom. The van der Waals surface area contributed by atoms with Crippen molar-refractivity contribution in [1.29, 1.82) is 0 Å². The minimum atomic E-state index is -0.345. The number of aromatic amines is 1. The lowest BCUT2D eigenvalue weighted by Crippen LogP contribution is -2.30. The number of carbonyl (C=O) groups is 1. The van der Waals surface area contributed by atoms with Gasteiger partial charge in [-0.2, -0.15) is 0 Å². The van der Waals surface area contributed by atoms with Crippen molar-refractivity contribution >= 4 is 16.8 Å². The minimum Gasteiger partial charge on any atom is -0.351 e. The molecule has 1 aromatic heterocycles. The van der Waals surface area contributed by atoms with E-state index >= 15 is 0 Å². The monoisotopic (exact) mass is 314 g/mol. The van der Waals surface area contributed by atoms with Gasteiger partial charge in [-0.1, -0.05) is 12.1 Å². The second kappa shape index (κ2) is 6.20. The highest BCUT2D eigenvalue weighted by atomic mass is 19.1. The van der Waals surface area contributed by atoms with Gasteiger partial charge in [0.15, 0.2) is 0 Å². The van der Waals surface area contributed by atoms with E-state index in [0.717, 1.165) is 5.56 Å².